The Morgan fingerprint density at radius 3 is 2.62 bits per heavy atom. The molecule has 3 aliphatic carbocycles. The Morgan fingerprint density at radius 1 is 1.30 bits per heavy atom. The van der Waals surface area contributed by atoms with Gasteiger partial charge in [-0.25, -0.2) is 0 Å². The highest BCUT2D eigenvalue weighted by Gasteiger charge is 2.57. The molecule has 0 amide bonds. The van der Waals surface area contributed by atoms with Crippen molar-refractivity contribution in [2.75, 3.05) is 18.9 Å². The van der Waals surface area contributed by atoms with Crippen LogP contribution in [0.5, 0.6) is 0 Å². The Labute approximate surface area is 230 Å². The summed E-state index contributed by atoms with van der Waals surface area (Å²) in [7, 11) is -1.98. The molecule has 6 atom stereocenters. The number of nitrogens with zero attached hydrogens (tertiary/aromatic N) is 3. The summed E-state index contributed by atoms with van der Waals surface area (Å²) in [6.07, 6.45) is 8.30. The van der Waals surface area contributed by atoms with Gasteiger partial charge in [-0.15, -0.1) is 0 Å². The van der Waals surface area contributed by atoms with E-state index in [9.17, 15) is 14.9 Å². The third kappa shape index (κ3) is 6.09. The zero-order chi connectivity index (χ0) is 27.6. The maximum Gasteiger partial charge on any atom is 0.191 e. The highest BCUT2D eigenvalue weighted by atomic mass is 32.2. The van der Waals surface area contributed by atoms with E-state index in [0.29, 0.717) is 43.6 Å². The number of allylic oxidation sites excluding steroid dienone is 3. The normalized spacial score (nSPS) is 35.9. The van der Waals surface area contributed by atoms with Crippen molar-refractivity contribution in [1.82, 2.24) is 0 Å². The first-order valence-corrected chi connectivity index (χ1v) is 17.9. The molecule has 0 heterocycles. The van der Waals surface area contributed by atoms with Gasteiger partial charge in [-0.05, 0) is 114 Å². The zero-order valence-electron chi connectivity index (χ0n) is 24.2. The van der Waals surface area contributed by atoms with E-state index in [4.69, 9.17) is 4.43 Å². The highest BCUT2D eigenvalue weighted by Crippen LogP contribution is 2.63. The van der Waals surface area contributed by atoms with Gasteiger partial charge in [0.05, 0.1) is 0 Å². The second kappa shape index (κ2) is 11.6. The number of rotatable bonds is 9. The lowest BCUT2D eigenvalue weighted by Gasteiger charge is -2.56. The average molecular weight is 548 g/mol. The first-order chi connectivity index (χ1) is 17.2. The molecule has 0 radical (unpaired) electrons. The zero-order valence-corrected chi connectivity index (χ0v) is 26.0. The SMILES string of the molecule is C=C1CC[C@H]2[C@H](CN=[N+]=[N-])[C@@H]([C@@]3(C)C/C(=C\CCSO)C(=O)C[C@@H]3CO[Si](C)(C)C(C)(C)C)CC[C@]12C. The Bertz CT molecular complexity index is 955. The molecule has 3 aliphatic rings. The lowest BCUT2D eigenvalue weighted by Crippen LogP contribution is -2.53. The summed E-state index contributed by atoms with van der Waals surface area (Å²) in [4.78, 5) is 16.5. The third-order valence-corrected chi connectivity index (χ3v) is 15.9. The van der Waals surface area contributed by atoms with Gasteiger partial charge in [-0.3, -0.25) is 4.79 Å². The van der Waals surface area contributed by atoms with Crippen molar-refractivity contribution in [1.29, 1.82) is 0 Å². The van der Waals surface area contributed by atoms with Crippen molar-refractivity contribution in [3.8, 4) is 0 Å². The van der Waals surface area contributed by atoms with E-state index in [1.54, 1.807) is 0 Å². The molecule has 0 unspecified atom stereocenters. The summed E-state index contributed by atoms with van der Waals surface area (Å²) >= 11 is 0.827. The minimum Gasteiger partial charge on any atom is -0.417 e. The summed E-state index contributed by atoms with van der Waals surface area (Å²) in [6, 6.07) is 0. The third-order valence-electron chi connectivity index (χ3n) is 10.9. The maximum atomic E-state index is 13.4. The van der Waals surface area contributed by atoms with Gasteiger partial charge in [0.15, 0.2) is 14.1 Å². The molecular weight excluding hydrogens is 498 g/mol. The summed E-state index contributed by atoms with van der Waals surface area (Å²) in [5.74, 6) is 2.03. The van der Waals surface area contributed by atoms with Crippen LogP contribution in [0.25, 0.3) is 10.4 Å². The predicted octanol–water partition coefficient (Wildman–Crippen LogP) is 8.83. The molecule has 1 N–H and O–H groups in total. The molecule has 0 saturated heterocycles. The highest BCUT2D eigenvalue weighted by molar-refractivity contribution is 7.93. The summed E-state index contributed by atoms with van der Waals surface area (Å²) in [5.41, 5.74) is 11.5. The number of carbonyl (C=O) groups is 1. The lowest BCUT2D eigenvalue weighted by molar-refractivity contribution is -0.125. The van der Waals surface area contributed by atoms with E-state index in [-0.39, 0.29) is 33.5 Å². The predicted molar refractivity (Wildman–Crippen MR) is 157 cm³/mol. The minimum atomic E-state index is -1.98. The van der Waals surface area contributed by atoms with Gasteiger partial charge >= 0.3 is 0 Å². The molecule has 3 fully saturated rings. The maximum absolute atomic E-state index is 13.4. The molecule has 8 heteroatoms. The molecule has 3 saturated carbocycles. The van der Waals surface area contributed by atoms with Crippen LogP contribution >= 0.6 is 12.0 Å². The van der Waals surface area contributed by atoms with Gasteiger partial charge in [0.2, 0.25) is 0 Å². The quantitative estimate of drug-likeness (QED) is 0.0456. The molecule has 208 valence electrons. The van der Waals surface area contributed by atoms with Crippen LogP contribution in [-0.2, 0) is 9.22 Å². The van der Waals surface area contributed by atoms with Crippen molar-refractivity contribution in [3.05, 3.63) is 34.2 Å². The topological polar surface area (TPSA) is 95.3 Å². The second-order valence-corrected chi connectivity index (χ2v) is 19.3. The van der Waals surface area contributed by atoms with E-state index in [1.165, 1.54) is 5.57 Å². The van der Waals surface area contributed by atoms with E-state index >= 15 is 0 Å². The van der Waals surface area contributed by atoms with E-state index in [0.717, 1.165) is 49.7 Å². The number of hydrogen-bond donors (Lipinski definition) is 1. The van der Waals surface area contributed by atoms with Crippen molar-refractivity contribution in [3.63, 3.8) is 0 Å². The fraction of sp³-hybridized carbons (Fsp3) is 0.828. The summed E-state index contributed by atoms with van der Waals surface area (Å²) in [6.45, 7) is 21.7. The number of Topliss-reactive ketones (excluding diaryl/α,β-unsaturated/α-hetero) is 1. The van der Waals surface area contributed by atoms with Crippen LogP contribution in [0.2, 0.25) is 18.1 Å². The first-order valence-electron chi connectivity index (χ1n) is 14.0. The Balaban J connectivity index is 2.00. The van der Waals surface area contributed by atoms with Gasteiger partial charge in [0, 0.05) is 30.2 Å². The standard InChI is InChI=1S/C29H49N3O3SSi/c1-20-11-12-24-23(18-31-32-30)25(13-14-28(20,24)5)29(6)17-21(10-9-15-36-34)26(33)16-22(29)19-35-37(7,8)27(2,3)4/h10,22-25,34H,1,9,11-19H2,2-8H3/b21-10+/t22-,23+,24+,25+,28-,29+/m1/s1. The smallest absolute Gasteiger partial charge is 0.191 e. The van der Waals surface area contributed by atoms with Crippen molar-refractivity contribution >= 4 is 26.1 Å². The molecule has 0 aliphatic heterocycles. The molecule has 0 aromatic rings. The van der Waals surface area contributed by atoms with E-state index in [1.807, 2.05) is 0 Å². The van der Waals surface area contributed by atoms with Gasteiger partial charge in [0.25, 0.3) is 0 Å². The number of fused-ring (bicyclic) bond motifs is 1. The van der Waals surface area contributed by atoms with Crippen LogP contribution in [0, 0.1) is 34.5 Å². The molecule has 0 aromatic carbocycles. The van der Waals surface area contributed by atoms with Crippen LogP contribution in [0.1, 0.15) is 79.6 Å². The fourth-order valence-corrected chi connectivity index (χ4v) is 8.59. The molecule has 0 bridgehead atoms. The molecule has 6 nitrogen and oxygen atoms in total. The fourth-order valence-electron chi connectivity index (χ4n) is 7.32. The van der Waals surface area contributed by atoms with Crippen LogP contribution < -0.4 is 0 Å². The monoisotopic (exact) mass is 547 g/mol. The van der Waals surface area contributed by atoms with Gasteiger partial charge in [-0.2, -0.15) is 0 Å². The number of hydrogen-bond acceptors (Lipinski definition) is 5. The van der Waals surface area contributed by atoms with Crippen LogP contribution in [-0.4, -0.2) is 37.6 Å². The van der Waals surface area contributed by atoms with E-state index in [2.05, 4.69) is 70.4 Å². The van der Waals surface area contributed by atoms with Gasteiger partial charge in [-0.1, -0.05) is 58.0 Å². The molecule has 0 spiro atoms. The van der Waals surface area contributed by atoms with Crippen LogP contribution in [0.4, 0.5) is 0 Å². The van der Waals surface area contributed by atoms with E-state index < -0.39 is 8.32 Å². The minimum absolute atomic E-state index is 0.107. The van der Waals surface area contributed by atoms with Crippen molar-refractivity contribution in [2.45, 2.75) is 97.7 Å². The van der Waals surface area contributed by atoms with Crippen molar-refractivity contribution < 1.29 is 13.8 Å². The molecule has 37 heavy (non-hydrogen) atoms. The van der Waals surface area contributed by atoms with Crippen LogP contribution in [0.3, 0.4) is 0 Å². The summed E-state index contributed by atoms with van der Waals surface area (Å²) in [5, 5.41) is 4.25. The van der Waals surface area contributed by atoms with Crippen LogP contribution in [0.15, 0.2) is 28.9 Å². The Morgan fingerprint density at radius 2 is 2.00 bits per heavy atom. The van der Waals surface area contributed by atoms with Crippen molar-refractivity contribution in [2.24, 2.45) is 39.6 Å². The molecule has 3 rings (SSSR count). The lowest BCUT2D eigenvalue weighted by atomic mass is 9.49. The second-order valence-electron chi connectivity index (χ2n) is 13.8. The molecule has 0 aromatic heterocycles. The number of carbonyl (C=O) groups excluding carboxylic acids is 1. The Kier molecular flexibility index (Phi) is 9.55. The van der Waals surface area contributed by atoms with Gasteiger partial charge in [0.1, 0.15) is 0 Å². The molecular formula is C29H49N3O3SSi. The number of azide groups is 1. The first kappa shape index (κ1) is 30.5. The number of ketones is 1. The largest absolute Gasteiger partial charge is 0.417 e. The summed E-state index contributed by atoms with van der Waals surface area (Å²) < 4.78 is 16.0. The average Bonchev–Trinajstić information content (AvgIpc) is 3.12. The Hall–Kier alpha value is -1.05. The van der Waals surface area contributed by atoms with Gasteiger partial charge < -0.3 is 8.98 Å².